The number of benzene rings is 1. The number of carbonyl (C=O) groups is 1. The summed E-state index contributed by atoms with van der Waals surface area (Å²) < 4.78 is 20.0. The van der Waals surface area contributed by atoms with Crippen LogP contribution in [0.2, 0.25) is 0 Å². The van der Waals surface area contributed by atoms with Crippen molar-refractivity contribution in [3.05, 3.63) is 47.0 Å². The van der Waals surface area contributed by atoms with Crippen molar-refractivity contribution in [3.63, 3.8) is 0 Å². The number of rotatable bonds is 4. The van der Waals surface area contributed by atoms with Crippen LogP contribution in [0.3, 0.4) is 0 Å². The van der Waals surface area contributed by atoms with E-state index < -0.39 is 5.82 Å². The first-order valence-corrected chi connectivity index (χ1v) is 5.97. The fraction of sp³-hybridized carbons (Fsp3) is 0.286. The van der Waals surface area contributed by atoms with E-state index in [4.69, 9.17) is 4.74 Å². The second kappa shape index (κ2) is 5.22. The van der Waals surface area contributed by atoms with Crippen molar-refractivity contribution in [2.45, 2.75) is 13.3 Å². The molecule has 5 heteroatoms. The van der Waals surface area contributed by atoms with Crippen molar-refractivity contribution < 1.29 is 13.9 Å². The Morgan fingerprint density at radius 2 is 2.21 bits per heavy atom. The van der Waals surface area contributed by atoms with Gasteiger partial charge in [-0.25, -0.2) is 4.39 Å². The number of carbonyl (C=O) groups excluding carboxylic acids is 1. The van der Waals surface area contributed by atoms with Gasteiger partial charge >= 0.3 is 0 Å². The molecule has 1 aromatic carbocycles. The standard InChI is InChI=1S/C14H15FN2O2/c1-4-12-10(8-17(2)16-12)14(18)9-5-6-13(19-3)11(15)7-9/h5-8H,4H2,1-3H3. The van der Waals surface area contributed by atoms with Crippen molar-refractivity contribution in [2.75, 3.05) is 7.11 Å². The largest absolute Gasteiger partial charge is 0.494 e. The van der Waals surface area contributed by atoms with Crippen LogP contribution in [-0.4, -0.2) is 22.7 Å². The number of hydrogen-bond donors (Lipinski definition) is 0. The molecule has 0 fully saturated rings. The average Bonchev–Trinajstić information content (AvgIpc) is 2.79. The van der Waals surface area contributed by atoms with Gasteiger partial charge in [0.1, 0.15) is 0 Å². The molecule has 0 N–H and O–H groups in total. The minimum atomic E-state index is -0.546. The molecule has 0 aliphatic heterocycles. The number of hydrogen-bond acceptors (Lipinski definition) is 3. The van der Waals surface area contributed by atoms with Gasteiger partial charge in [0.2, 0.25) is 0 Å². The number of ether oxygens (including phenoxy) is 1. The zero-order valence-corrected chi connectivity index (χ0v) is 11.1. The lowest BCUT2D eigenvalue weighted by Gasteiger charge is -2.04. The maximum Gasteiger partial charge on any atom is 0.196 e. The van der Waals surface area contributed by atoms with Crippen LogP contribution in [-0.2, 0) is 13.5 Å². The third-order valence-electron chi connectivity index (χ3n) is 2.90. The Bertz CT molecular complexity index is 620. The number of methoxy groups -OCH3 is 1. The minimum absolute atomic E-state index is 0.124. The highest BCUT2D eigenvalue weighted by molar-refractivity contribution is 6.09. The Balaban J connectivity index is 2.41. The van der Waals surface area contributed by atoms with Crippen LogP contribution in [0.4, 0.5) is 4.39 Å². The number of halogens is 1. The molecule has 0 amide bonds. The molecule has 0 saturated heterocycles. The van der Waals surface area contributed by atoms with E-state index in [1.165, 1.54) is 19.2 Å². The number of nitrogens with zero attached hydrogens (tertiary/aromatic N) is 2. The van der Waals surface area contributed by atoms with Gasteiger partial charge in [0.25, 0.3) is 0 Å². The predicted molar refractivity (Wildman–Crippen MR) is 69.0 cm³/mol. The summed E-state index contributed by atoms with van der Waals surface area (Å²) in [6, 6.07) is 4.19. The summed E-state index contributed by atoms with van der Waals surface area (Å²) in [6.45, 7) is 1.92. The van der Waals surface area contributed by atoms with Gasteiger partial charge in [-0.3, -0.25) is 9.48 Å². The lowest BCUT2D eigenvalue weighted by Crippen LogP contribution is -2.04. The molecular weight excluding hydrogens is 247 g/mol. The van der Waals surface area contributed by atoms with Crippen LogP contribution >= 0.6 is 0 Å². The highest BCUT2D eigenvalue weighted by Crippen LogP contribution is 2.20. The van der Waals surface area contributed by atoms with Crippen LogP contribution in [0.15, 0.2) is 24.4 Å². The Morgan fingerprint density at radius 3 is 2.79 bits per heavy atom. The predicted octanol–water partition coefficient (Wildman–Crippen LogP) is 2.36. The molecule has 2 aromatic rings. The summed E-state index contributed by atoms with van der Waals surface area (Å²) in [5.41, 5.74) is 1.51. The average molecular weight is 262 g/mol. The highest BCUT2D eigenvalue weighted by Gasteiger charge is 2.17. The number of aryl methyl sites for hydroxylation is 2. The number of aromatic nitrogens is 2. The highest BCUT2D eigenvalue weighted by atomic mass is 19.1. The van der Waals surface area contributed by atoms with Crippen LogP contribution in [0.1, 0.15) is 28.5 Å². The van der Waals surface area contributed by atoms with Gasteiger partial charge in [0, 0.05) is 18.8 Å². The zero-order chi connectivity index (χ0) is 14.0. The van der Waals surface area contributed by atoms with Crippen molar-refractivity contribution in [1.82, 2.24) is 9.78 Å². The van der Waals surface area contributed by atoms with Crippen LogP contribution in [0.25, 0.3) is 0 Å². The monoisotopic (exact) mass is 262 g/mol. The zero-order valence-electron chi connectivity index (χ0n) is 11.1. The first kappa shape index (κ1) is 13.3. The van der Waals surface area contributed by atoms with Crippen molar-refractivity contribution in [2.24, 2.45) is 7.05 Å². The molecule has 0 saturated carbocycles. The van der Waals surface area contributed by atoms with E-state index in [-0.39, 0.29) is 11.5 Å². The van der Waals surface area contributed by atoms with E-state index in [0.29, 0.717) is 23.2 Å². The third kappa shape index (κ3) is 2.50. The molecule has 2 rings (SSSR count). The van der Waals surface area contributed by atoms with E-state index in [2.05, 4.69) is 5.10 Å². The summed E-state index contributed by atoms with van der Waals surface area (Å²) in [4.78, 5) is 12.3. The molecule has 4 nitrogen and oxygen atoms in total. The van der Waals surface area contributed by atoms with Crippen LogP contribution < -0.4 is 4.74 Å². The Kier molecular flexibility index (Phi) is 3.64. The van der Waals surface area contributed by atoms with Crippen LogP contribution in [0.5, 0.6) is 5.75 Å². The summed E-state index contributed by atoms with van der Waals surface area (Å²) >= 11 is 0. The van der Waals surface area contributed by atoms with Crippen LogP contribution in [0, 0.1) is 5.82 Å². The van der Waals surface area contributed by atoms with Gasteiger partial charge < -0.3 is 4.74 Å². The third-order valence-corrected chi connectivity index (χ3v) is 2.90. The first-order chi connectivity index (χ1) is 9.06. The molecule has 0 unspecified atom stereocenters. The molecule has 0 bridgehead atoms. The fourth-order valence-corrected chi connectivity index (χ4v) is 1.95. The molecule has 0 atom stereocenters. The Hall–Kier alpha value is -2.17. The molecule has 0 aliphatic carbocycles. The summed E-state index contributed by atoms with van der Waals surface area (Å²) in [6.07, 6.45) is 2.31. The lowest BCUT2D eigenvalue weighted by molar-refractivity contribution is 0.103. The maximum atomic E-state index is 13.6. The summed E-state index contributed by atoms with van der Waals surface area (Å²) in [5.74, 6) is -0.653. The van der Waals surface area contributed by atoms with Gasteiger partial charge in [0.05, 0.1) is 18.4 Å². The SMILES string of the molecule is CCc1nn(C)cc1C(=O)c1ccc(OC)c(F)c1. The molecule has 19 heavy (non-hydrogen) atoms. The molecular formula is C14H15FN2O2. The lowest BCUT2D eigenvalue weighted by atomic mass is 10.0. The topological polar surface area (TPSA) is 44.1 Å². The second-order valence-electron chi connectivity index (χ2n) is 4.20. The molecule has 0 spiro atoms. The molecule has 1 heterocycles. The van der Waals surface area contributed by atoms with E-state index in [0.717, 1.165) is 0 Å². The van der Waals surface area contributed by atoms with Gasteiger partial charge in [-0.15, -0.1) is 0 Å². The Morgan fingerprint density at radius 1 is 1.47 bits per heavy atom. The van der Waals surface area contributed by atoms with Crippen molar-refractivity contribution in [1.29, 1.82) is 0 Å². The van der Waals surface area contributed by atoms with Gasteiger partial charge in [-0.1, -0.05) is 6.92 Å². The van der Waals surface area contributed by atoms with E-state index >= 15 is 0 Å². The number of ketones is 1. The van der Waals surface area contributed by atoms with E-state index in [1.54, 1.807) is 24.0 Å². The van der Waals surface area contributed by atoms with Crippen molar-refractivity contribution in [3.8, 4) is 5.75 Å². The van der Waals surface area contributed by atoms with Crippen molar-refractivity contribution >= 4 is 5.78 Å². The molecule has 100 valence electrons. The van der Waals surface area contributed by atoms with Gasteiger partial charge in [0.15, 0.2) is 17.3 Å². The normalized spacial score (nSPS) is 10.5. The van der Waals surface area contributed by atoms with E-state index in [1.807, 2.05) is 6.92 Å². The maximum absolute atomic E-state index is 13.6. The second-order valence-corrected chi connectivity index (χ2v) is 4.20. The fourth-order valence-electron chi connectivity index (χ4n) is 1.95. The summed E-state index contributed by atoms with van der Waals surface area (Å²) in [5, 5.41) is 4.21. The first-order valence-electron chi connectivity index (χ1n) is 5.97. The van der Waals surface area contributed by atoms with Gasteiger partial charge in [-0.2, -0.15) is 5.10 Å². The molecule has 1 aromatic heterocycles. The van der Waals surface area contributed by atoms with E-state index in [9.17, 15) is 9.18 Å². The quantitative estimate of drug-likeness (QED) is 0.794. The summed E-state index contributed by atoms with van der Waals surface area (Å²) in [7, 11) is 3.14. The van der Waals surface area contributed by atoms with Gasteiger partial charge in [-0.05, 0) is 24.6 Å². The molecule has 0 aliphatic rings. The Labute approximate surface area is 110 Å². The minimum Gasteiger partial charge on any atom is -0.494 e. The smallest absolute Gasteiger partial charge is 0.196 e. The molecule has 0 radical (unpaired) electrons.